The second-order valence-electron chi connectivity index (χ2n) is 5.09. The van der Waals surface area contributed by atoms with Crippen molar-refractivity contribution in [2.75, 3.05) is 26.7 Å². The minimum Gasteiger partial charge on any atom is -0.369 e. The maximum absolute atomic E-state index is 11.1. The average Bonchev–Trinajstić information content (AvgIpc) is 2.13. The highest BCUT2D eigenvalue weighted by atomic mass is 16.1. The van der Waals surface area contributed by atoms with Gasteiger partial charge in [-0.3, -0.25) is 9.69 Å². The molecule has 2 N–H and O–H groups in total. The molecular formula is C11H21N3O. The molecule has 0 aromatic rings. The largest absolute Gasteiger partial charge is 0.369 e. The summed E-state index contributed by atoms with van der Waals surface area (Å²) in [5.41, 5.74) is 5.35. The Balaban J connectivity index is 1.87. The minimum atomic E-state index is -0.118. The summed E-state index contributed by atoms with van der Waals surface area (Å²) in [6.45, 7) is 5.60. The van der Waals surface area contributed by atoms with Gasteiger partial charge in [-0.05, 0) is 33.4 Å². The first-order chi connectivity index (χ1) is 7.08. The fourth-order valence-electron chi connectivity index (χ4n) is 2.87. The summed E-state index contributed by atoms with van der Waals surface area (Å²) in [6.07, 6.45) is 1.88. The Morgan fingerprint density at radius 2 is 2.07 bits per heavy atom. The van der Waals surface area contributed by atoms with Crippen molar-refractivity contribution in [2.45, 2.75) is 31.8 Å². The normalized spacial score (nSPS) is 35.1. The van der Waals surface area contributed by atoms with Crippen LogP contribution in [0.3, 0.4) is 0 Å². The zero-order chi connectivity index (χ0) is 11.0. The number of piperidine rings is 1. The average molecular weight is 211 g/mol. The number of amides is 1. The smallest absolute Gasteiger partial charge is 0.220 e. The summed E-state index contributed by atoms with van der Waals surface area (Å²) in [5, 5.41) is 0. The number of hydrogen-bond donors (Lipinski definition) is 1. The van der Waals surface area contributed by atoms with Crippen molar-refractivity contribution in [2.24, 2.45) is 11.7 Å². The number of rotatable bonds is 2. The van der Waals surface area contributed by atoms with Crippen molar-refractivity contribution in [3.8, 4) is 0 Å². The molecule has 0 aliphatic carbocycles. The SMILES string of the molecule is CC1CC(C(N)=O)CCN1C1CN(C)C1. The van der Waals surface area contributed by atoms with Crippen molar-refractivity contribution in [3.63, 3.8) is 0 Å². The van der Waals surface area contributed by atoms with Crippen LogP contribution in [0.25, 0.3) is 0 Å². The Kier molecular flexibility index (Phi) is 2.98. The lowest BCUT2D eigenvalue weighted by Crippen LogP contribution is -2.61. The first kappa shape index (κ1) is 10.9. The highest BCUT2D eigenvalue weighted by Gasteiger charge is 2.36. The summed E-state index contributed by atoms with van der Waals surface area (Å²) < 4.78 is 0. The number of primary amides is 1. The van der Waals surface area contributed by atoms with E-state index >= 15 is 0 Å². The molecule has 0 bridgehead atoms. The maximum Gasteiger partial charge on any atom is 0.220 e. The van der Waals surface area contributed by atoms with Crippen LogP contribution in [-0.4, -0.2) is 54.5 Å². The summed E-state index contributed by atoms with van der Waals surface area (Å²) in [5.74, 6) is -0.0127. The van der Waals surface area contributed by atoms with Crippen molar-refractivity contribution in [1.29, 1.82) is 0 Å². The summed E-state index contributed by atoms with van der Waals surface area (Å²) >= 11 is 0. The van der Waals surface area contributed by atoms with Gasteiger partial charge in [-0.25, -0.2) is 0 Å². The maximum atomic E-state index is 11.1. The third kappa shape index (κ3) is 2.16. The van der Waals surface area contributed by atoms with Crippen molar-refractivity contribution >= 4 is 5.91 Å². The van der Waals surface area contributed by atoms with Crippen LogP contribution in [0, 0.1) is 5.92 Å². The molecule has 0 radical (unpaired) electrons. The van der Waals surface area contributed by atoms with Gasteiger partial charge >= 0.3 is 0 Å². The molecule has 0 saturated carbocycles. The Labute approximate surface area is 91.4 Å². The van der Waals surface area contributed by atoms with Gasteiger partial charge in [0.05, 0.1) is 0 Å². The molecule has 2 atom stereocenters. The van der Waals surface area contributed by atoms with Crippen LogP contribution in [0.5, 0.6) is 0 Å². The van der Waals surface area contributed by atoms with Gasteiger partial charge in [0.25, 0.3) is 0 Å². The molecule has 1 amide bonds. The number of likely N-dealkylation sites (N-methyl/N-ethyl adjacent to an activating group) is 1. The quantitative estimate of drug-likeness (QED) is 0.693. The van der Waals surface area contributed by atoms with Gasteiger partial charge in [0.1, 0.15) is 0 Å². The van der Waals surface area contributed by atoms with Crippen LogP contribution in [0.2, 0.25) is 0 Å². The lowest BCUT2D eigenvalue weighted by Gasteiger charge is -2.49. The van der Waals surface area contributed by atoms with Crippen LogP contribution in [0.1, 0.15) is 19.8 Å². The monoisotopic (exact) mass is 211 g/mol. The second-order valence-corrected chi connectivity index (χ2v) is 5.09. The van der Waals surface area contributed by atoms with Crippen LogP contribution < -0.4 is 5.73 Å². The zero-order valence-corrected chi connectivity index (χ0v) is 9.65. The molecule has 86 valence electrons. The summed E-state index contributed by atoms with van der Waals surface area (Å²) in [6, 6.07) is 1.22. The van der Waals surface area contributed by atoms with Gasteiger partial charge in [0, 0.05) is 31.1 Å². The number of likely N-dealkylation sites (tertiary alicyclic amines) is 2. The van der Waals surface area contributed by atoms with Gasteiger partial charge in [-0.1, -0.05) is 0 Å². The predicted molar refractivity (Wildman–Crippen MR) is 59.4 cm³/mol. The number of nitrogens with two attached hydrogens (primary N) is 1. The van der Waals surface area contributed by atoms with Gasteiger partial charge in [-0.15, -0.1) is 0 Å². The number of hydrogen-bond acceptors (Lipinski definition) is 3. The minimum absolute atomic E-state index is 0.106. The van der Waals surface area contributed by atoms with Crippen LogP contribution in [0.15, 0.2) is 0 Å². The van der Waals surface area contributed by atoms with E-state index in [1.807, 2.05) is 0 Å². The van der Waals surface area contributed by atoms with E-state index in [9.17, 15) is 4.79 Å². The number of nitrogens with zero attached hydrogens (tertiary/aromatic N) is 2. The first-order valence-electron chi connectivity index (χ1n) is 5.81. The molecule has 2 aliphatic heterocycles. The molecule has 4 nitrogen and oxygen atoms in total. The Hall–Kier alpha value is -0.610. The van der Waals surface area contributed by atoms with E-state index in [0.29, 0.717) is 12.1 Å². The predicted octanol–water partition coefficient (Wildman–Crippen LogP) is -0.114. The van der Waals surface area contributed by atoms with Crippen molar-refractivity contribution in [3.05, 3.63) is 0 Å². The topological polar surface area (TPSA) is 49.6 Å². The van der Waals surface area contributed by atoms with Gasteiger partial charge in [-0.2, -0.15) is 0 Å². The van der Waals surface area contributed by atoms with Crippen LogP contribution >= 0.6 is 0 Å². The molecule has 0 spiro atoms. The Morgan fingerprint density at radius 3 is 2.53 bits per heavy atom. The molecule has 0 aromatic carbocycles. The molecule has 2 unspecified atom stereocenters. The van der Waals surface area contributed by atoms with E-state index in [1.54, 1.807) is 0 Å². The lowest BCUT2D eigenvalue weighted by atomic mass is 9.89. The van der Waals surface area contributed by atoms with Crippen molar-refractivity contribution < 1.29 is 4.79 Å². The van der Waals surface area contributed by atoms with Crippen LogP contribution in [0.4, 0.5) is 0 Å². The molecule has 2 heterocycles. The molecule has 2 fully saturated rings. The molecule has 2 aliphatic rings. The van der Waals surface area contributed by atoms with E-state index < -0.39 is 0 Å². The number of carbonyl (C=O) groups excluding carboxylic acids is 1. The Bertz CT molecular complexity index is 250. The van der Waals surface area contributed by atoms with E-state index in [1.165, 1.54) is 13.1 Å². The van der Waals surface area contributed by atoms with Gasteiger partial charge in [0.15, 0.2) is 0 Å². The second kappa shape index (κ2) is 4.10. The zero-order valence-electron chi connectivity index (χ0n) is 9.65. The van der Waals surface area contributed by atoms with Crippen molar-refractivity contribution in [1.82, 2.24) is 9.80 Å². The van der Waals surface area contributed by atoms with E-state index in [4.69, 9.17) is 5.73 Å². The highest BCUT2D eigenvalue weighted by molar-refractivity contribution is 5.76. The van der Waals surface area contributed by atoms with Gasteiger partial charge in [0.2, 0.25) is 5.91 Å². The lowest BCUT2D eigenvalue weighted by molar-refractivity contribution is -0.124. The molecule has 0 aromatic heterocycles. The highest BCUT2D eigenvalue weighted by Crippen LogP contribution is 2.27. The standard InChI is InChI=1S/C11H21N3O/c1-8-5-9(11(12)15)3-4-14(8)10-6-13(2)7-10/h8-10H,3-7H2,1-2H3,(H2,12,15). The fourth-order valence-corrected chi connectivity index (χ4v) is 2.87. The summed E-state index contributed by atoms with van der Waals surface area (Å²) in [4.78, 5) is 16.0. The molecule has 2 saturated heterocycles. The molecule has 15 heavy (non-hydrogen) atoms. The Morgan fingerprint density at radius 1 is 1.40 bits per heavy atom. The molecular weight excluding hydrogens is 190 g/mol. The van der Waals surface area contributed by atoms with E-state index in [2.05, 4.69) is 23.8 Å². The van der Waals surface area contributed by atoms with E-state index in [-0.39, 0.29) is 11.8 Å². The van der Waals surface area contributed by atoms with Gasteiger partial charge < -0.3 is 10.6 Å². The molecule has 2 rings (SSSR count). The number of carbonyl (C=O) groups is 1. The fraction of sp³-hybridized carbons (Fsp3) is 0.909. The van der Waals surface area contributed by atoms with Crippen LogP contribution in [-0.2, 0) is 4.79 Å². The first-order valence-corrected chi connectivity index (χ1v) is 5.81. The van der Waals surface area contributed by atoms with E-state index in [0.717, 1.165) is 19.4 Å². The molecule has 4 heteroatoms. The summed E-state index contributed by atoms with van der Waals surface area (Å²) in [7, 11) is 2.15. The third-order valence-corrected chi connectivity index (χ3v) is 3.84. The third-order valence-electron chi connectivity index (χ3n) is 3.84.